The lowest BCUT2D eigenvalue weighted by atomic mass is 9.84. The van der Waals surface area contributed by atoms with E-state index in [-0.39, 0.29) is 38.8 Å². The van der Waals surface area contributed by atoms with Crippen molar-refractivity contribution in [2.75, 3.05) is 13.2 Å². The molecule has 110 heavy (non-hydrogen) atoms. The minimum absolute atomic E-state index is 0. The molecule has 0 heterocycles. The minimum Gasteiger partial charge on any atom is -0.508 e. The third-order valence-corrected chi connectivity index (χ3v) is 19.5. The van der Waals surface area contributed by atoms with Crippen LogP contribution in [0, 0.1) is 38.5 Å². The van der Waals surface area contributed by atoms with Crippen molar-refractivity contribution in [3.63, 3.8) is 0 Å². The fourth-order valence-electron chi connectivity index (χ4n) is 12.2. The first-order valence-electron chi connectivity index (χ1n) is 38.6. The predicted molar refractivity (Wildman–Crippen MR) is 466 cm³/mol. The number of phenols is 1. The SMILES string of the molecule is C.CC(C)C(O)c1ccccc1.CC(CO)Cc1ccccc1.CCC(O)(c1ccc(C)cc1)c1ccc(Cl)cc1.CCC(O)(c1ccccc1)c1ccccc1.CCC(O)c1ccccc1.CCC(c1ccccc1)c1ccccc1.Cc1ccc(C(C)c2ccc(O)cc2)cc1.Cc1ccc(CC(C)CO)cc1. The lowest BCUT2D eigenvalue weighted by molar-refractivity contribution is 0.0762. The maximum absolute atomic E-state index is 10.9. The zero-order chi connectivity index (χ0) is 79.4. The fraction of sp³-hybridized carbons (Fsp3) is 0.294. The van der Waals surface area contributed by atoms with Gasteiger partial charge in [0.25, 0.3) is 0 Å². The van der Waals surface area contributed by atoms with Gasteiger partial charge in [-0.3, -0.25) is 0 Å². The molecule has 8 heteroatoms. The topological polar surface area (TPSA) is 142 Å². The van der Waals surface area contributed by atoms with Crippen LogP contribution in [0.5, 0.6) is 5.75 Å². The highest BCUT2D eigenvalue weighted by molar-refractivity contribution is 6.30. The van der Waals surface area contributed by atoms with E-state index >= 15 is 0 Å². The summed E-state index contributed by atoms with van der Waals surface area (Å²) in [6.45, 7) is 25.3. The summed E-state index contributed by atoms with van der Waals surface area (Å²) in [6, 6.07) is 111. The molecule has 12 aromatic rings. The van der Waals surface area contributed by atoms with Crippen LogP contribution < -0.4 is 0 Å². The number of aliphatic hydroxyl groups is 6. The number of hydrogen-bond donors (Lipinski definition) is 7. The van der Waals surface area contributed by atoms with Crippen LogP contribution in [0.25, 0.3) is 0 Å². The molecule has 0 aliphatic heterocycles. The molecular weight excluding hydrogens is 1370 g/mol. The van der Waals surface area contributed by atoms with E-state index in [4.69, 9.17) is 21.8 Å². The zero-order valence-corrected chi connectivity index (χ0v) is 67.2. The van der Waals surface area contributed by atoms with Gasteiger partial charge in [0.15, 0.2) is 0 Å². The zero-order valence-electron chi connectivity index (χ0n) is 66.5. The number of aromatic hydroxyl groups is 1. The van der Waals surface area contributed by atoms with Crippen LogP contribution in [0.2, 0.25) is 5.02 Å². The third-order valence-electron chi connectivity index (χ3n) is 19.3. The van der Waals surface area contributed by atoms with Crippen molar-refractivity contribution < 1.29 is 35.7 Å². The average molecular weight is 1500 g/mol. The van der Waals surface area contributed by atoms with Crippen molar-refractivity contribution in [1.29, 1.82) is 0 Å². The largest absolute Gasteiger partial charge is 0.508 e. The molecule has 0 aromatic heterocycles. The van der Waals surface area contributed by atoms with Crippen molar-refractivity contribution in [2.45, 2.75) is 164 Å². The lowest BCUT2D eigenvalue weighted by Crippen LogP contribution is -2.26. The van der Waals surface area contributed by atoms with E-state index in [1.54, 1.807) is 12.1 Å². The average Bonchev–Trinajstić information content (AvgIpc) is 0.799. The van der Waals surface area contributed by atoms with E-state index < -0.39 is 11.2 Å². The summed E-state index contributed by atoms with van der Waals surface area (Å²) in [6.07, 6.45) is 4.54. The third kappa shape index (κ3) is 32.2. The standard InChI is InChI=1S/C16H17ClO.2C15H16O.C15H16.C11H16O.2C10H14O.C9H12O.CH4/c1-3-16(18,13-6-4-12(2)5-7-13)14-8-10-15(17)11-9-14;1-11-3-5-13(6-4-11)12(2)14-7-9-15(16)10-8-14;1-2-15(16,13-9-5-3-6-10-13)14-11-7-4-8-12-14;1-2-15(13-9-5-3-6-10-13)14-11-7-4-8-12-14;1-9-3-5-11(6-4-9)7-10(2)8-12;1-8(2)10(11)9-6-4-3-5-7-9;1-9(8-11)7-10-5-3-2-4-6-10;1-2-9(10)8-6-4-3-5-7-8;/h4-11,18H,3H2,1-2H3;3-10,12,16H,1-2H3;3-12,16H,2H2,1H3;3-12,15H,2H2,1H3;3-6,10,12H,7-8H2,1-2H3;3-8,10-11H,1-2H3;2-6,9,11H,7-8H2,1H3;3-7,9-10H,2H2,1H3;1H4. The number of phenolic OH excluding ortho intramolecular Hbond substituents is 1. The number of halogens is 1. The van der Waals surface area contributed by atoms with E-state index in [0.717, 1.165) is 59.1 Å². The first-order chi connectivity index (χ1) is 52.5. The summed E-state index contributed by atoms with van der Waals surface area (Å²) in [5.74, 6) is 2.25. The molecule has 6 unspecified atom stereocenters. The van der Waals surface area contributed by atoms with E-state index in [0.29, 0.717) is 47.3 Å². The molecule has 582 valence electrons. The number of aliphatic hydroxyl groups excluding tert-OH is 4. The second-order valence-corrected chi connectivity index (χ2v) is 28.9. The maximum Gasteiger partial charge on any atom is 0.115 e. The molecule has 7 nitrogen and oxygen atoms in total. The molecule has 0 saturated carbocycles. The Balaban J connectivity index is 0.000000267. The van der Waals surface area contributed by atoms with Gasteiger partial charge in [-0.05, 0) is 168 Å². The first-order valence-corrected chi connectivity index (χ1v) is 39.0. The Morgan fingerprint density at radius 2 is 0.618 bits per heavy atom. The van der Waals surface area contributed by atoms with Gasteiger partial charge >= 0.3 is 0 Å². The molecule has 0 saturated heterocycles. The van der Waals surface area contributed by atoms with Crippen molar-refractivity contribution in [3.05, 3.63) is 422 Å². The summed E-state index contributed by atoms with van der Waals surface area (Å²) >= 11 is 5.89. The monoisotopic (exact) mass is 1500 g/mol. The molecule has 12 aromatic carbocycles. The normalized spacial score (nSPS) is 12.4. The van der Waals surface area contributed by atoms with E-state index in [2.05, 4.69) is 156 Å². The Morgan fingerprint density at radius 3 is 0.955 bits per heavy atom. The molecule has 12 rings (SSSR count). The Hall–Kier alpha value is -9.51. The van der Waals surface area contributed by atoms with Gasteiger partial charge in [0.2, 0.25) is 0 Å². The summed E-state index contributed by atoms with van der Waals surface area (Å²) in [5, 5.41) is 68.2. The van der Waals surface area contributed by atoms with Crippen LogP contribution in [-0.2, 0) is 24.0 Å². The highest BCUT2D eigenvalue weighted by Crippen LogP contribution is 2.35. The van der Waals surface area contributed by atoms with Crippen LogP contribution in [0.3, 0.4) is 0 Å². The van der Waals surface area contributed by atoms with Crippen molar-refractivity contribution >= 4 is 11.6 Å². The molecule has 6 atom stereocenters. The highest BCUT2D eigenvalue weighted by atomic mass is 35.5. The molecule has 0 aliphatic carbocycles. The molecule has 7 N–H and O–H groups in total. The Morgan fingerprint density at radius 1 is 0.327 bits per heavy atom. The van der Waals surface area contributed by atoms with Crippen LogP contribution in [-0.4, -0.2) is 49.0 Å². The van der Waals surface area contributed by atoms with E-state index in [1.807, 2.05) is 249 Å². The Kier molecular flexibility index (Phi) is 43.1. The van der Waals surface area contributed by atoms with Gasteiger partial charge in [0, 0.05) is 30.1 Å². The second kappa shape index (κ2) is 51.1. The van der Waals surface area contributed by atoms with Crippen LogP contribution in [0.4, 0.5) is 0 Å². The molecular formula is C102H125ClO7. The molecule has 0 fully saturated rings. The fourth-order valence-corrected chi connectivity index (χ4v) is 12.3. The van der Waals surface area contributed by atoms with Crippen LogP contribution >= 0.6 is 11.6 Å². The number of hydrogen-bond acceptors (Lipinski definition) is 7. The van der Waals surface area contributed by atoms with Crippen molar-refractivity contribution in [1.82, 2.24) is 0 Å². The van der Waals surface area contributed by atoms with Gasteiger partial charge in [-0.15, -0.1) is 0 Å². The number of rotatable bonds is 21. The summed E-state index contributed by atoms with van der Waals surface area (Å²) in [4.78, 5) is 0. The predicted octanol–water partition coefficient (Wildman–Crippen LogP) is 24.9. The van der Waals surface area contributed by atoms with E-state index in [1.165, 1.54) is 50.1 Å². The Labute approximate surface area is 666 Å². The van der Waals surface area contributed by atoms with Gasteiger partial charge in [-0.2, -0.15) is 0 Å². The van der Waals surface area contributed by atoms with Gasteiger partial charge in [-0.1, -0.05) is 407 Å². The second-order valence-electron chi connectivity index (χ2n) is 28.4. The summed E-state index contributed by atoms with van der Waals surface area (Å²) < 4.78 is 0. The summed E-state index contributed by atoms with van der Waals surface area (Å²) in [7, 11) is 0. The smallest absolute Gasteiger partial charge is 0.115 e. The molecule has 0 aliphatic rings. The number of benzene rings is 12. The number of aryl methyl sites for hydroxylation is 3. The van der Waals surface area contributed by atoms with Gasteiger partial charge in [0.05, 0.1) is 12.2 Å². The molecule has 0 amide bonds. The van der Waals surface area contributed by atoms with Crippen LogP contribution in [0.1, 0.15) is 203 Å². The highest BCUT2D eigenvalue weighted by Gasteiger charge is 2.30. The van der Waals surface area contributed by atoms with Crippen LogP contribution in [0.15, 0.2) is 334 Å². The molecule has 0 spiro atoms. The molecule has 0 radical (unpaired) electrons. The van der Waals surface area contributed by atoms with Crippen molar-refractivity contribution in [2.24, 2.45) is 17.8 Å². The van der Waals surface area contributed by atoms with E-state index in [9.17, 15) is 25.5 Å². The van der Waals surface area contributed by atoms with Gasteiger partial charge < -0.3 is 35.7 Å². The Bertz CT molecular complexity index is 4070. The lowest BCUT2D eigenvalue weighted by Gasteiger charge is -2.28. The van der Waals surface area contributed by atoms with Crippen molar-refractivity contribution in [3.8, 4) is 5.75 Å². The minimum atomic E-state index is -0.946. The first kappa shape index (κ1) is 92.9. The molecule has 0 bridgehead atoms. The maximum atomic E-state index is 10.9. The summed E-state index contributed by atoms with van der Waals surface area (Å²) in [5.41, 5.74) is 15.6. The quantitative estimate of drug-likeness (QED) is 0.0380. The van der Waals surface area contributed by atoms with Gasteiger partial charge in [-0.25, -0.2) is 0 Å². The van der Waals surface area contributed by atoms with Gasteiger partial charge in [0.1, 0.15) is 17.0 Å².